The van der Waals surface area contributed by atoms with Crippen LogP contribution in [0.3, 0.4) is 0 Å². The van der Waals surface area contributed by atoms with Crippen LogP contribution in [0.15, 0.2) is 51.7 Å². The topological polar surface area (TPSA) is 75.7 Å². The highest BCUT2D eigenvalue weighted by Gasteiger charge is 2.14. The summed E-state index contributed by atoms with van der Waals surface area (Å²) in [7, 11) is 3.20. The van der Waals surface area contributed by atoms with Crippen LogP contribution in [0.1, 0.15) is 18.4 Å². The molecule has 0 saturated carbocycles. The Balaban J connectivity index is 1.51. The van der Waals surface area contributed by atoms with Crippen molar-refractivity contribution in [3.8, 4) is 23.3 Å². The van der Waals surface area contributed by atoms with E-state index >= 15 is 0 Å². The quantitative estimate of drug-likeness (QED) is 0.523. The number of aryl methyl sites for hydroxylation is 1. The minimum Gasteiger partial charge on any atom is -0.493 e. The molecular weight excluding hydrogens is 367 g/mol. The Bertz CT molecular complexity index is 983. The van der Waals surface area contributed by atoms with Gasteiger partial charge in [0.05, 0.1) is 20.8 Å². The van der Waals surface area contributed by atoms with Crippen LogP contribution >= 0.6 is 0 Å². The Morgan fingerprint density at radius 2 is 1.86 bits per heavy atom. The van der Waals surface area contributed by atoms with E-state index in [2.05, 4.69) is 5.10 Å². The monoisotopic (exact) mass is 388 g/mol. The third kappa shape index (κ3) is 4.51. The van der Waals surface area contributed by atoms with Gasteiger partial charge in [0.1, 0.15) is 11.5 Å². The summed E-state index contributed by atoms with van der Waals surface area (Å²) >= 11 is 0. The van der Waals surface area contributed by atoms with Gasteiger partial charge in [0, 0.05) is 0 Å². The number of ether oxygens (including phenoxy) is 3. The van der Waals surface area contributed by atoms with Crippen LogP contribution in [-0.2, 0) is 6.42 Å². The molecule has 0 aliphatic heterocycles. The number of hydrogen-bond acceptors (Lipinski definition) is 6. The van der Waals surface area contributed by atoms with Crippen LogP contribution in [0.4, 0.5) is 4.39 Å². The highest BCUT2D eigenvalue weighted by atomic mass is 19.1. The zero-order chi connectivity index (χ0) is 19.9. The molecule has 148 valence electrons. The van der Waals surface area contributed by atoms with Crippen LogP contribution in [0.2, 0.25) is 0 Å². The molecule has 7 nitrogen and oxygen atoms in total. The van der Waals surface area contributed by atoms with Crippen molar-refractivity contribution in [1.82, 2.24) is 9.78 Å². The molecule has 1 heterocycles. The zero-order valence-corrected chi connectivity index (χ0v) is 15.7. The van der Waals surface area contributed by atoms with Gasteiger partial charge >= 0.3 is 11.8 Å². The second kappa shape index (κ2) is 9.07. The second-order valence-electron chi connectivity index (χ2n) is 5.99. The van der Waals surface area contributed by atoms with Crippen molar-refractivity contribution in [2.75, 3.05) is 20.8 Å². The SMILES string of the molecule is COc1ccc(CCCCOc2nn(-c3ccccc3F)c(=O)o2)cc1OC. The Morgan fingerprint density at radius 1 is 1.07 bits per heavy atom. The summed E-state index contributed by atoms with van der Waals surface area (Å²) in [5, 5.41) is 3.88. The lowest BCUT2D eigenvalue weighted by molar-refractivity contribution is 0.220. The maximum absolute atomic E-state index is 13.8. The third-order valence-electron chi connectivity index (χ3n) is 4.14. The summed E-state index contributed by atoms with van der Waals surface area (Å²) in [5.41, 5.74) is 1.13. The molecule has 2 aromatic carbocycles. The maximum Gasteiger partial charge on any atom is 0.444 e. The fraction of sp³-hybridized carbons (Fsp3) is 0.300. The van der Waals surface area contributed by atoms with Crippen LogP contribution < -0.4 is 20.0 Å². The number of methoxy groups -OCH3 is 2. The number of nitrogens with zero attached hydrogens (tertiary/aromatic N) is 2. The molecule has 0 saturated heterocycles. The van der Waals surface area contributed by atoms with E-state index in [1.54, 1.807) is 20.3 Å². The van der Waals surface area contributed by atoms with Gasteiger partial charge < -0.3 is 18.6 Å². The molecule has 0 radical (unpaired) electrons. The average Bonchev–Trinajstić information content (AvgIpc) is 3.08. The van der Waals surface area contributed by atoms with Gasteiger partial charge in [-0.3, -0.25) is 0 Å². The summed E-state index contributed by atoms with van der Waals surface area (Å²) in [5.74, 6) is 0.0107. The summed E-state index contributed by atoms with van der Waals surface area (Å²) in [4.78, 5) is 11.8. The van der Waals surface area contributed by atoms with Gasteiger partial charge in [0.2, 0.25) is 0 Å². The Hall–Kier alpha value is -3.29. The van der Waals surface area contributed by atoms with Gasteiger partial charge in [-0.25, -0.2) is 9.18 Å². The fourth-order valence-corrected chi connectivity index (χ4v) is 2.72. The molecule has 0 N–H and O–H groups in total. The van der Waals surface area contributed by atoms with Crippen molar-refractivity contribution in [1.29, 1.82) is 0 Å². The third-order valence-corrected chi connectivity index (χ3v) is 4.14. The van der Waals surface area contributed by atoms with Crippen LogP contribution in [0, 0.1) is 5.82 Å². The van der Waals surface area contributed by atoms with Crippen molar-refractivity contribution in [2.24, 2.45) is 0 Å². The Morgan fingerprint density at radius 3 is 2.61 bits per heavy atom. The fourth-order valence-electron chi connectivity index (χ4n) is 2.72. The lowest BCUT2D eigenvalue weighted by Crippen LogP contribution is -2.14. The minimum absolute atomic E-state index is 0.0135. The van der Waals surface area contributed by atoms with Crippen molar-refractivity contribution >= 4 is 0 Å². The van der Waals surface area contributed by atoms with Gasteiger partial charge in [-0.15, -0.1) is 0 Å². The molecule has 8 heteroatoms. The van der Waals surface area contributed by atoms with Gasteiger partial charge in [-0.05, 0) is 49.1 Å². The van der Waals surface area contributed by atoms with Gasteiger partial charge in [-0.2, -0.15) is 4.68 Å². The highest BCUT2D eigenvalue weighted by Crippen LogP contribution is 2.28. The molecule has 0 amide bonds. The molecule has 0 atom stereocenters. The number of hydrogen-bond donors (Lipinski definition) is 0. The predicted octanol–water partition coefficient (Wildman–Crippen LogP) is 3.38. The van der Waals surface area contributed by atoms with E-state index in [1.165, 1.54) is 18.2 Å². The van der Waals surface area contributed by atoms with E-state index in [1.807, 2.05) is 18.2 Å². The standard InChI is InChI=1S/C20H21FN2O5/c1-25-17-11-10-14(13-18(17)26-2)7-5-6-12-27-19-22-23(20(24)28-19)16-9-4-3-8-15(16)21/h3-4,8-11,13H,5-7,12H2,1-2H3. The first kappa shape index (κ1) is 19.5. The smallest absolute Gasteiger partial charge is 0.444 e. The van der Waals surface area contributed by atoms with Crippen molar-refractivity contribution < 1.29 is 23.0 Å². The van der Waals surface area contributed by atoms with Crippen LogP contribution in [0.5, 0.6) is 17.6 Å². The number of halogens is 1. The first-order chi connectivity index (χ1) is 13.6. The van der Waals surface area contributed by atoms with Crippen LogP contribution in [-0.4, -0.2) is 30.6 Å². The summed E-state index contributed by atoms with van der Waals surface area (Å²) in [6, 6.07) is 11.6. The van der Waals surface area contributed by atoms with E-state index in [4.69, 9.17) is 18.6 Å². The molecule has 0 bridgehead atoms. The number of para-hydroxylation sites is 1. The Labute approximate surface area is 161 Å². The lowest BCUT2D eigenvalue weighted by atomic mass is 10.1. The second-order valence-corrected chi connectivity index (χ2v) is 5.99. The first-order valence-corrected chi connectivity index (χ1v) is 8.81. The summed E-state index contributed by atoms with van der Waals surface area (Å²) in [6.45, 7) is 0.324. The predicted molar refractivity (Wildman–Crippen MR) is 100 cm³/mol. The molecule has 3 rings (SSSR count). The van der Waals surface area contributed by atoms with Crippen molar-refractivity contribution in [2.45, 2.75) is 19.3 Å². The maximum atomic E-state index is 13.8. The molecule has 0 aliphatic carbocycles. The van der Waals surface area contributed by atoms with E-state index in [0.29, 0.717) is 18.1 Å². The summed E-state index contributed by atoms with van der Waals surface area (Å²) < 4.78 is 35.4. The molecule has 0 fully saturated rings. The van der Waals surface area contributed by atoms with E-state index < -0.39 is 11.6 Å². The number of rotatable bonds is 9. The van der Waals surface area contributed by atoms with E-state index in [-0.39, 0.29) is 11.8 Å². The van der Waals surface area contributed by atoms with Gasteiger partial charge in [-0.1, -0.05) is 23.3 Å². The van der Waals surface area contributed by atoms with Crippen molar-refractivity contribution in [3.05, 3.63) is 64.4 Å². The largest absolute Gasteiger partial charge is 0.493 e. The molecule has 0 unspecified atom stereocenters. The normalized spacial score (nSPS) is 10.7. The number of aromatic nitrogens is 2. The number of unbranched alkanes of at least 4 members (excludes halogenated alkanes) is 1. The molecule has 1 aromatic heterocycles. The molecule has 3 aromatic rings. The van der Waals surface area contributed by atoms with Gasteiger partial charge in [0.25, 0.3) is 0 Å². The zero-order valence-electron chi connectivity index (χ0n) is 15.7. The first-order valence-electron chi connectivity index (χ1n) is 8.81. The molecule has 0 spiro atoms. The Kier molecular flexibility index (Phi) is 6.31. The van der Waals surface area contributed by atoms with E-state index in [9.17, 15) is 9.18 Å². The van der Waals surface area contributed by atoms with Gasteiger partial charge in [0.15, 0.2) is 11.5 Å². The van der Waals surface area contributed by atoms with E-state index in [0.717, 1.165) is 29.5 Å². The van der Waals surface area contributed by atoms with Crippen molar-refractivity contribution in [3.63, 3.8) is 0 Å². The molecule has 0 aliphatic rings. The highest BCUT2D eigenvalue weighted by molar-refractivity contribution is 5.42. The summed E-state index contributed by atoms with van der Waals surface area (Å²) in [6.07, 6.45) is 2.23. The molecule has 28 heavy (non-hydrogen) atoms. The molecular formula is C20H21FN2O5. The average molecular weight is 388 g/mol. The minimum atomic E-state index is -0.801. The lowest BCUT2D eigenvalue weighted by Gasteiger charge is -2.09. The van der Waals surface area contributed by atoms with Crippen LogP contribution in [0.25, 0.3) is 5.69 Å². The number of benzene rings is 2.